The van der Waals surface area contributed by atoms with Crippen LogP contribution in [0.15, 0.2) is 67.1 Å². The van der Waals surface area contributed by atoms with Crippen LogP contribution in [-0.4, -0.2) is 45.7 Å². The van der Waals surface area contributed by atoms with Gasteiger partial charge in [-0.1, -0.05) is 24.3 Å². The molecule has 0 bridgehead atoms. The number of likely N-dealkylation sites (tertiary alicyclic amines) is 1. The van der Waals surface area contributed by atoms with Gasteiger partial charge in [0.2, 0.25) is 0 Å². The molecule has 162 valence electrons. The fourth-order valence-corrected chi connectivity index (χ4v) is 4.42. The van der Waals surface area contributed by atoms with Gasteiger partial charge in [0.05, 0.1) is 6.20 Å². The molecule has 6 heteroatoms. The Kier molecular flexibility index (Phi) is 5.45. The standard InChI is InChI=1S/C26H27N5O/c1-30-10-8-18(9-11-30)19-4-3-5-21(12-19)26(32)29-25-14-23-13-20(6-7-22(23)15-27-25)24-16-28-31(2)17-24/h3-7,12-18H,8-11H2,1-2H3,(H,27,29,32). The lowest BCUT2D eigenvalue weighted by Gasteiger charge is -2.29. The third-order valence-corrected chi connectivity index (χ3v) is 6.34. The van der Waals surface area contributed by atoms with E-state index in [0.29, 0.717) is 17.3 Å². The van der Waals surface area contributed by atoms with E-state index < -0.39 is 0 Å². The summed E-state index contributed by atoms with van der Waals surface area (Å²) in [6, 6.07) is 16.2. The Morgan fingerprint density at radius 1 is 0.969 bits per heavy atom. The van der Waals surface area contributed by atoms with Crippen LogP contribution in [0.25, 0.3) is 21.9 Å². The van der Waals surface area contributed by atoms with Crippen molar-refractivity contribution >= 4 is 22.5 Å². The number of carbonyl (C=O) groups is 1. The van der Waals surface area contributed by atoms with E-state index in [-0.39, 0.29) is 5.91 Å². The Morgan fingerprint density at radius 3 is 2.59 bits per heavy atom. The summed E-state index contributed by atoms with van der Waals surface area (Å²) in [6.45, 7) is 2.20. The minimum atomic E-state index is -0.130. The number of nitrogens with zero attached hydrogens (tertiary/aromatic N) is 4. The maximum absolute atomic E-state index is 13.0. The second-order valence-corrected chi connectivity index (χ2v) is 8.69. The van der Waals surface area contributed by atoms with Gasteiger partial charge >= 0.3 is 0 Å². The molecule has 1 amide bonds. The summed E-state index contributed by atoms with van der Waals surface area (Å²) in [6.07, 6.45) is 7.90. The Hall–Kier alpha value is -3.51. The number of piperidine rings is 1. The van der Waals surface area contributed by atoms with E-state index in [1.165, 1.54) is 5.56 Å². The van der Waals surface area contributed by atoms with Crippen LogP contribution in [0.5, 0.6) is 0 Å². The highest BCUT2D eigenvalue weighted by Crippen LogP contribution is 2.28. The van der Waals surface area contributed by atoms with Crippen molar-refractivity contribution in [3.05, 3.63) is 78.2 Å². The zero-order chi connectivity index (χ0) is 22.1. The lowest BCUT2D eigenvalue weighted by atomic mass is 9.89. The number of hydrogen-bond donors (Lipinski definition) is 1. The number of benzene rings is 2. The fraction of sp³-hybridized carbons (Fsp3) is 0.269. The summed E-state index contributed by atoms with van der Waals surface area (Å²) in [5, 5.41) is 9.28. The molecule has 0 radical (unpaired) electrons. The first-order chi connectivity index (χ1) is 15.5. The molecule has 1 N–H and O–H groups in total. The predicted molar refractivity (Wildman–Crippen MR) is 128 cm³/mol. The minimum absolute atomic E-state index is 0.130. The lowest BCUT2D eigenvalue weighted by molar-refractivity contribution is 0.102. The van der Waals surface area contributed by atoms with E-state index in [0.717, 1.165) is 47.8 Å². The van der Waals surface area contributed by atoms with Crippen LogP contribution in [0.3, 0.4) is 0 Å². The van der Waals surface area contributed by atoms with Crippen molar-refractivity contribution < 1.29 is 4.79 Å². The lowest BCUT2D eigenvalue weighted by Crippen LogP contribution is -2.29. The molecule has 32 heavy (non-hydrogen) atoms. The summed E-state index contributed by atoms with van der Waals surface area (Å²) in [5.41, 5.74) is 4.06. The van der Waals surface area contributed by atoms with Crippen molar-refractivity contribution in [2.24, 2.45) is 7.05 Å². The number of fused-ring (bicyclic) bond motifs is 1. The van der Waals surface area contributed by atoms with Crippen LogP contribution < -0.4 is 5.32 Å². The largest absolute Gasteiger partial charge is 0.307 e. The molecule has 0 aliphatic carbocycles. The number of hydrogen-bond acceptors (Lipinski definition) is 4. The molecule has 4 aromatic rings. The van der Waals surface area contributed by atoms with Crippen LogP contribution in [0, 0.1) is 0 Å². The minimum Gasteiger partial charge on any atom is -0.307 e. The highest BCUT2D eigenvalue weighted by molar-refractivity contribution is 6.04. The molecule has 1 aliphatic rings. The second-order valence-electron chi connectivity index (χ2n) is 8.69. The highest BCUT2D eigenvalue weighted by atomic mass is 16.1. The van der Waals surface area contributed by atoms with Crippen LogP contribution in [0.1, 0.15) is 34.7 Å². The average molecular weight is 426 g/mol. The number of pyridine rings is 1. The molecular weight excluding hydrogens is 398 g/mol. The summed E-state index contributed by atoms with van der Waals surface area (Å²) in [4.78, 5) is 19.8. The van der Waals surface area contributed by atoms with Gasteiger partial charge in [-0.25, -0.2) is 4.98 Å². The molecule has 0 unspecified atom stereocenters. The summed E-state index contributed by atoms with van der Waals surface area (Å²) >= 11 is 0. The number of aryl methyl sites for hydroxylation is 1. The quantitative estimate of drug-likeness (QED) is 0.515. The van der Waals surface area contributed by atoms with Crippen LogP contribution in [0.4, 0.5) is 5.82 Å². The SMILES string of the molecule is CN1CCC(c2cccc(C(=O)Nc3cc4cc(-c5cnn(C)c5)ccc4cn3)c2)CC1. The average Bonchev–Trinajstić information content (AvgIpc) is 3.25. The van der Waals surface area contributed by atoms with Gasteiger partial charge in [-0.2, -0.15) is 5.10 Å². The first-order valence-electron chi connectivity index (χ1n) is 11.0. The molecule has 1 aliphatic heterocycles. The topological polar surface area (TPSA) is 63.1 Å². The number of nitrogens with one attached hydrogen (secondary N) is 1. The molecule has 0 saturated carbocycles. The molecule has 2 aromatic heterocycles. The number of rotatable bonds is 4. The van der Waals surface area contributed by atoms with Crippen molar-refractivity contribution in [2.45, 2.75) is 18.8 Å². The first-order valence-corrected chi connectivity index (χ1v) is 11.0. The molecule has 1 fully saturated rings. The number of carbonyl (C=O) groups excluding carboxylic acids is 1. The van der Waals surface area contributed by atoms with Gasteiger partial charge in [0.25, 0.3) is 5.91 Å². The smallest absolute Gasteiger partial charge is 0.256 e. The first kappa shape index (κ1) is 20.4. The van der Waals surface area contributed by atoms with Crippen molar-refractivity contribution in [3.8, 4) is 11.1 Å². The van der Waals surface area contributed by atoms with Crippen LogP contribution >= 0.6 is 0 Å². The molecule has 1 saturated heterocycles. The van der Waals surface area contributed by atoms with Gasteiger partial charge in [0.15, 0.2) is 0 Å². The number of aromatic nitrogens is 3. The van der Waals surface area contributed by atoms with E-state index in [1.54, 1.807) is 10.9 Å². The van der Waals surface area contributed by atoms with Gasteiger partial charge in [-0.05, 0) is 79.7 Å². The number of anilines is 1. The maximum atomic E-state index is 13.0. The highest BCUT2D eigenvalue weighted by Gasteiger charge is 2.19. The van der Waals surface area contributed by atoms with Crippen molar-refractivity contribution in [1.29, 1.82) is 0 Å². The zero-order valence-electron chi connectivity index (χ0n) is 18.5. The summed E-state index contributed by atoms with van der Waals surface area (Å²) < 4.78 is 1.79. The monoisotopic (exact) mass is 425 g/mol. The van der Waals surface area contributed by atoms with E-state index in [9.17, 15) is 4.79 Å². The molecule has 2 aromatic carbocycles. The van der Waals surface area contributed by atoms with Gasteiger partial charge in [0, 0.05) is 36.0 Å². The van der Waals surface area contributed by atoms with Crippen molar-refractivity contribution in [1.82, 2.24) is 19.7 Å². The zero-order valence-corrected chi connectivity index (χ0v) is 18.5. The van der Waals surface area contributed by atoms with E-state index in [4.69, 9.17) is 0 Å². The van der Waals surface area contributed by atoms with Gasteiger partial charge in [-0.15, -0.1) is 0 Å². The summed E-state index contributed by atoms with van der Waals surface area (Å²) in [7, 11) is 4.07. The molecular formula is C26H27N5O. The molecule has 6 nitrogen and oxygen atoms in total. The fourth-order valence-electron chi connectivity index (χ4n) is 4.42. The predicted octanol–water partition coefficient (Wildman–Crippen LogP) is 4.70. The molecule has 5 rings (SSSR count). The van der Waals surface area contributed by atoms with E-state index in [1.807, 2.05) is 49.8 Å². The van der Waals surface area contributed by atoms with Gasteiger partial charge in [0.1, 0.15) is 5.82 Å². The Morgan fingerprint density at radius 2 is 1.81 bits per heavy atom. The third kappa shape index (κ3) is 4.27. The second kappa shape index (κ2) is 8.55. The molecule has 3 heterocycles. The van der Waals surface area contributed by atoms with Gasteiger partial charge < -0.3 is 10.2 Å². The Balaban J connectivity index is 1.36. The van der Waals surface area contributed by atoms with Crippen LogP contribution in [0.2, 0.25) is 0 Å². The number of amides is 1. The summed E-state index contributed by atoms with van der Waals surface area (Å²) in [5.74, 6) is 0.939. The maximum Gasteiger partial charge on any atom is 0.256 e. The van der Waals surface area contributed by atoms with Crippen LogP contribution in [-0.2, 0) is 7.05 Å². The Labute approximate surface area is 187 Å². The molecule has 0 atom stereocenters. The normalized spacial score (nSPS) is 15.2. The molecule has 0 spiro atoms. The van der Waals surface area contributed by atoms with Crippen molar-refractivity contribution in [2.75, 3.05) is 25.5 Å². The van der Waals surface area contributed by atoms with Gasteiger partial charge in [-0.3, -0.25) is 9.48 Å². The Bertz CT molecular complexity index is 1270. The van der Waals surface area contributed by atoms with Crippen molar-refractivity contribution in [3.63, 3.8) is 0 Å². The van der Waals surface area contributed by atoms with E-state index >= 15 is 0 Å². The third-order valence-electron chi connectivity index (χ3n) is 6.34. The van der Waals surface area contributed by atoms with E-state index in [2.05, 4.69) is 45.5 Å².